The molecule has 0 radical (unpaired) electrons. The van der Waals surface area contributed by atoms with E-state index in [1.807, 2.05) is 0 Å². The Morgan fingerprint density at radius 1 is 0.557 bits per heavy atom. The minimum atomic E-state index is -1.81. The normalized spacial score (nSPS) is 23.6. The number of hydrogen-bond donors (Lipinski definition) is 16. The maximum atomic E-state index is 14.2. The highest BCUT2D eigenvalue weighted by Crippen LogP contribution is 2.14. The topological polar surface area (TPSA) is 482 Å². The third-order valence-electron chi connectivity index (χ3n) is 10.6. The number of amides is 9. The maximum absolute atomic E-state index is 14.2. The van der Waals surface area contributed by atoms with Crippen molar-refractivity contribution in [3.63, 3.8) is 0 Å². The number of aliphatic hydroxyl groups excluding tert-OH is 1. The van der Waals surface area contributed by atoms with Crippen LogP contribution in [0.3, 0.4) is 0 Å². The highest BCUT2D eigenvalue weighted by molar-refractivity contribution is 5.99. The molecule has 70 heavy (non-hydrogen) atoms. The molecule has 2 rings (SSSR count). The van der Waals surface area contributed by atoms with E-state index >= 15 is 0 Å². The Bertz CT molecular complexity index is 2080. The number of aromatic hydroxyl groups is 1. The molecule has 388 valence electrons. The second-order valence-electron chi connectivity index (χ2n) is 16.7. The second kappa shape index (κ2) is 29.2. The van der Waals surface area contributed by atoms with Gasteiger partial charge in [-0.1, -0.05) is 26.0 Å². The van der Waals surface area contributed by atoms with Gasteiger partial charge in [-0.05, 0) is 69.1 Å². The van der Waals surface area contributed by atoms with Crippen LogP contribution in [-0.4, -0.2) is 154 Å². The van der Waals surface area contributed by atoms with Gasteiger partial charge in [0.2, 0.25) is 53.2 Å². The zero-order valence-corrected chi connectivity index (χ0v) is 39.2. The number of aliphatic hydroxyl groups is 1. The molecule has 28 nitrogen and oxygen atoms in total. The summed E-state index contributed by atoms with van der Waals surface area (Å²) in [5.41, 5.74) is 27.5. The fourth-order valence-electron chi connectivity index (χ4n) is 6.72. The molecule has 0 saturated carbocycles. The van der Waals surface area contributed by atoms with Crippen molar-refractivity contribution in [1.82, 2.24) is 42.5 Å². The standard InChI is InChI=1S/C42H67N15O13/c1-20(2)32-40(70)54-27(13-15-31(61)62)34(64)50-21(3)33(63)51-24(6-4-16-48-41(44)45)35(65)55-28(18-22-8-10-23(59)11-9-22)38(68)53-26(12-14-30(43)60)36(66)56-29(19-58)39(69)52-25(37(67)57-32)7-5-17-49-42(46)47/h8-11,20-21,24-29,32,58-59H,4-7,12-19H2,1-3H3,(H2,43,60)(H,50,64)(H,51,63)(H,52,69)(H,53,68)(H,54,70)(H,55,65)(H,56,66)(H,57,67)(H,61,62)(H4,44,45,48)(H4,46,47,49)/t21-,24-,25-,26-,27-,28-,29-,32-/m0/s1. The molecule has 1 fully saturated rings. The van der Waals surface area contributed by atoms with Gasteiger partial charge < -0.3 is 86.5 Å². The van der Waals surface area contributed by atoms with E-state index in [9.17, 15) is 63.3 Å². The zero-order chi connectivity index (χ0) is 52.7. The van der Waals surface area contributed by atoms with Crippen LogP contribution in [0.15, 0.2) is 34.3 Å². The second-order valence-corrected chi connectivity index (χ2v) is 16.7. The van der Waals surface area contributed by atoms with Crippen LogP contribution < -0.4 is 71.2 Å². The lowest BCUT2D eigenvalue weighted by atomic mass is 10.0. The smallest absolute Gasteiger partial charge is 0.303 e. The minimum Gasteiger partial charge on any atom is -0.508 e. The quantitative estimate of drug-likeness (QED) is 0.0370. The summed E-state index contributed by atoms with van der Waals surface area (Å²) in [7, 11) is 0. The molecule has 21 N–H and O–H groups in total. The van der Waals surface area contributed by atoms with Gasteiger partial charge in [0, 0.05) is 32.4 Å². The summed E-state index contributed by atoms with van der Waals surface area (Å²) in [5, 5.41) is 49.3. The predicted octanol–water partition coefficient (Wildman–Crippen LogP) is -6.27. The molecule has 1 saturated heterocycles. The third kappa shape index (κ3) is 21.0. The lowest BCUT2D eigenvalue weighted by molar-refractivity contribution is -0.139. The Hall–Kier alpha value is -7.78. The number of phenols is 1. The van der Waals surface area contributed by atoms with Gasteiger partial charge in [0.1, 0.15) is 54.1 Å². The largest absolute Gasteiger partial charge is 0.508 e. The monoisotopic (exact) mass is 990 g/mol. The van der Waals surface area contributed by atoms with Gasteiger partial charge in [-0.25, -0.2) is 0 Å². The lowest BCUT2D eigenvalue weighted by Crippen LogP contribution is -2.62. The fraction of sp³-hybridized carbons (Fsp3) is 0.571. The van der Waals surface area contributed by atoms with Crippen molar-refractivity contribution in [2.24, 2.45) is 44.6 Å². The maximum Gasteiger partial charge on any atom is 0.303 e. The molecule has 0 aliphatic carbocycles. The average Bonchev–Trinajstić information content (AvgIpc) is 3.28. The number of carboxylic acids is 1. The number of phenolic OH excluding ortho intramolecular Hbond substituents is 1. The van der Waals surface area contributed by atoms with E-state index in [-0.39, 0.29) is 62.9 Å². The Kier molecular flexibility index (Phi) is 24.3. The molecule has 0 unspecified atom stereocenters. The van der Waals surface area contributed by atoms with Crippen molar-refractivity contribution >= 4 is 71.1 Å². The van der Waals surface area contributed by atoms with Crippen LogP contribution >= 0.6 is 0 Å². The van der Waals surface area contributed by atoms with E-state index in [4.69, 9.17) is 28.7 Å². The Labute approximate surface area is 402 Å². The highest BCUT2D eigenvalue weighted by atomic mass is 16.4. The first-order valence-corrected chi connectivity index (χ1v) is 22.3. The lowest BCUT2D eigenvalue weighted by Gasteiger charge is -2.29. The van der Waals surface area contributed by atoms with E-state index in [0.29, 0.717) is 5.56 Å². The molecule has 1 aromatic carbocycles. The van der Waals surface area contributed by atoms with Crippen LogP contribution in [0.1, 0.15) is 77.7 Å². The summed E-state index contributed by atoms with van der Waals surface area (Å²) >= 11 is 0. The SMILES string of the molecule is CC(C)[C@@H]1NC(=O)[C@H](CCCN=C(N)N)NC(=O)[C@H](CO)NC(=O)[C@H](CCC(N)=O)NC(=O)[C@H](Cc2ccc(O)cc2)NC(=O)[C@H](CCCN=C(N)N)NC(=O)[C@H](C)NC(=O)[C@H](CCC(=O)O)NC1=O. The number of nitrogens with zero attached hydrogens (tertiary/aromatic N) is 2. The molecular weight excluding hydrogens is 923 g/mol. The summed E-state index contributed by atoms with van der Waals surface area (Å²) in [6, 6.07) is -7.01. The minimum absolute atomic E-state index is 0.0158. The summed E-state index contributed by atoms with van der Waals surface area (Å²) in [4.78, 5) is 143. The number of nitrogens with one attached hydrogen (secondary N) is 8. The predicted molar refractivity (Wildman–Crippen MR) is 250 cm³/mol. The van der Waals surface area contributed by atoms with Crippen LogP contribution in [0.5, 0.6) is 5.75 Å². The molecular formula is C42H67N15O13. The molecule has 1 aliphatic rings. The van der Waals surface area contributed by atoms with E-state index in [1.165, 1.54) is 45.0 Å². The molecule has 28 heteroatoms. The van der Waals surface area contributed by atoms with Gasteiger partial charge in [0.25, 0.3) is 0 Å². The summed E-state index contributed by atoms with van der Waals surface area (Å²) in [6.45, 7) is 3.20. The number of rotatable bonds is 18. The van der Waals surface area contributed by atoms with Crippen molar-refractivity contribution in [2.45, 2.75) is 127 Å². The van der Waals surface area contributed by atoms with Gasteiger partial charge in [-0.2, -0.15) is 0 Å². The fourth-order valence-corrected chi connectivity index (χ4v) is 6.72. The molecule has 1 aliphatic heterocycles. The zero-order valence-electron chi connectivity index (χ0n) is 39.2. The number of primary amides is 1. The van der Waals surface area contributed by atoms with E-state index in [2.05, 4.69) is 52.5 Å². The van der Waals surface area contributed by atoms with Gasteiger partial charge in [0.05, 0.1) is 6.61 Å². The molecule has 8 atom stereocenters. The summed E-state index contributed by atoms with van der Waals surface area (Å²) < 4.78 is 0. The van der Waals surface area contributed by atoms with Crippen LogP contribution in [0.4, 0.5) is 0 Å². The van der Waals surface area contributed by atoms with Crippen molar-refractivity contribution in [2.75, 3.05) is 19.7 Å². The van der Waals surface area contributed by atoms with Crippen molar-refractivity contribution in [1.29, 1.82) is 0 Å². The van der Waals surface area contributed by atoms with E-state index in [1.54, 1.807) is 0 Å². The average molecular weight is 990 g/mol. The van der Waals surface area contributed by atoms with Crippen LogP contribution in [0.2, 0.25) is 0 Å². The summed E-state index contributed by atoms with van der Waals surface area (Å²) in [5.74, 6) is -11.7. The Balaban J connectivity index is 2.79. The highest BCUT2D eigenvalue weighted by Gasteiger charge is 2.36. The van der Waals surface area contributed by atoms with Crippen molar-refractivity contribution < 1.29 is 63.3 Å². The molecule has 1 heterocycles. The van der Waals surface area contributed by atoms with Gasteiger partial charge in [-0.3, -0.25) is 57.9 Å². The van der Waals surface area contributed by atoms with Crippen LogP contribution in [0.25, 0.3) is 0 Å². The first-order chi connectivity index (χ1) is 32.9. The van der Waals surface area contributed by atoms with Gasteiger partial charge in [0.15, 0.2) is 11.9 Å². The number of benzene rings is 1. The number of nitrogens with two attached hydrogens (primary N) is 5. The number of carbonyl (C=O) groups excluding carboxylic acids is 9. The Morgan fingerprint density at radius 3 is 1.43 bits per heavy atom. The number of carbonyl (C=O) groups is 10. The van der Waals surface area contributed by atoms with Crippen molar-refractivity contribution in [3.05, 3.63) is 29.8 Å². The number of carboxylic acid groups (broad SMARTS) is 1. The van der Waals surface area contributed by atoms with Gasteiger partial charge >= 0.3 is 5.97 Å². The molecule has 9 amide bonds. The van der Waals surface area contributed by atoms with Crippen molar-refractivity contribution in [3.8, 4) is 5.75 Å². The Morgan fingerprint density at radius 2 is 0.957 bits per heavy atom. The molecule has 0 spiro atoms. The van der Waals surface area contributed by atoms with E-state index < -0.39 is 146 Å². The molecule has 0 bridgehead atoms. The first-order valence-electron chi connectivity index (χ1n) is 22.3. The number of aliphatic imine (C=N–C) groups is 2. The van der Waals surface area contributed by atoms with Crippen LogP contribution in [0, 0.1) is 5.92 Å². The van der Waals surface area contributed by atoms with Crippen LogP contribution in [-0.2, 0) is 54.4 Å². The summed E-state index contributed by atoms with van der Waals surface area (Å²) in [6.07, 6.45) is -2.54. The van der Waals surface area contributed by atoms with Gasteiger partial charge in [-0.15, -0.1) is 0 Å². The van der Waals surface area contributed by atoms with E-state index in [0.717, 1.165) is 0 Å². The number of guanidine groups is 2. The third-order valence-corrected chi connectivity index (χ3v) is 10.6. The first kappa shape index (κ1) is 58.3. The number of aliphatic carboxylic acids is 1. The number of hydrogen-bond acceptors (Lipinski definition) is 14. The molecule has 1 aromatic rings. The molecule has 0 aromatic heterocycles.